The molecule has 1 saturated carbocycles. The van der Waals surface area contributed by atoms with E-state index < -0.39 is 44.6 Å². The van der Waals surface area contributed by atoms with E-state index >= 15 is 0 Å². The zero-order valence-electron chi connectivity index (χ0n) is 18.8. The topological polar surface area (TPSA) is 87.3 Å². The van der Waals surface area contributed by atoms with Crippen LogP contribution in [0, 0.1) is 17.6 Å². The summed E-state index contributed by atoms with van der Waals surface area (Å²) in [5.74, 6) is -4.83. The Kier molecular flexibility index (Phi) is 7.67. The summed E-state index contributed by atoms with van der Waals surface area (Å²) in [5, 5.41) is 7.08. The maximum atomic E-state index is 14.6. The molecule has 3 aromatic rings. The Morgan fingerprint density at radius 1 is 0.811 bits per heavy atom. The largest absolute Gasteiger partial charge is 0.326 e. The first-order chi connectivity index (χ1) is 17.4. The van der Waals surface area contributed by atoms with Crippen LogP contribution in [-0.4, -0.2) is 22.1 Å². The third-order valence-electron chi connectivity index (χ3n) is 5.64. The Balaban J connectivity index is 1.50. The standard InChI is InChI=1S/C25H17Cl4F2N3O3/c1-11(35)32-13-3-5-14(6-4-13)33-23(36)16-9-15(10-19(31)22(16)27)34-24(37)21-20(25(21,28)29)12-2-7-18(30)17(26)8-12/h2-10,20-21H,1H3,(H,32,35)(H,33,36)(H,34,37). The summed E-state index contributed by atoms with van der Waals surface area (Å²) in [4.78, 5) is 36.9. The van der Waals surface area contributed by atoms with Crippen LogP contribution in [0.2, 0.25) is 10.0 Å². The highest BCUT2D eigenvalue weighted by Gasteiger charge is 2.67. The maximum Gasteiger partial charge on any atom is 0.257 e. The summed E-state index contributed by atoms with van der Waals surface area (Å²) >= 11 is 24.5. The van der Waals surface area contributed by atoms with E-state index in [1.807, 2.05) is 0 Å². The van der Waals surface area contributed by atoms with E-state index in [9.17, 15) is 23.2 Å². The molecule has 3 amide bonds. The van der Waals surface area contributed by atoms with Crippen molar-refractivity contribution >= 4 is 81.2 Å². The number of hydrogen-bond acceptors (Lipinski definition) is 3. The van der Waals surface area contributed by atoms with Gasteiger partial charge in [-0.25, -0.2) is 8.78 Å². The third-order valence-corrected chi connectivity index (χ3v) is 7.26. The molecule has 1 fully saturated rings. The van der Waals surface area contributed by atoms with Crippen molar-refractivity contribution in [3.05, 3.63) is 87.4 Å². The van der Waals surface area contributed by atoms with Crippen LogP contribution in [0.3, 0.4) is 0 Å². The second-order valence-electron chi connectivity index (χ2n) is 8.32. The highest BCUT2D eigenvalue weighted by atomic mass is 35.5. The van der Waals surface area contributed by atoms with Crippen LogP contribution in [0.25, 0.3) is 0 Å². The van der Waals surface area contributed by atoms with Crippen molar-refractivity contribution in [3.63, 3.8) is 0 Å². The lowest BCUT2D eigenvalue weighted by Crippen LogP contribution is -2.19. The molecule has 1 aliphatic carbocycles. The smallest absolute Gasteiger partial charge is 0.257 e. The van der Waals surface area contributed by atoms with Crippen molar-refractivity contribution in [1.29, 1.82) is 0 Å². The molecule has 0 spiro atoms. The molecule has 4 rings (SSSR count). The number of rotatable bonds is 6. The Bertz CT molecular complexity index is 1420. The fourth-order valence-corrected chi connectivity index (χ4v) is 5.07. The molecule has 37 heavy (non-hydrogen) atoms. The van der Waals surface area contributed by atoms with Gasteiger partial charge in [0.15, 0.2) is 0 Å². The van der Waals surface area contributed by atoms with E-state index in [2.05, 4.69) is 16.0 Å². The molecule has 3 aromatic carbocycles. The average molecular weight is 587 g/mol. The van der Waals surface area contributed by atoms with Gasteiger partial charge in [-0.2, -0.15) is 0 Å². The number of alkyl halides is 2. The van der Waals surface area contributed by atoms with Gasteiger partial charge in [0, 0.05) is 29.9 Å². The Labute approximate surface area is 230 Å². The van der Waals surface area contributed by atoms with Gasteiger partial charge in [0.25, 0.3) is 5.91 Å². The Morgan fingerprint density at radius 3 is 2.03 bits per heavy atom. The van der Waals surface area contributed by atoms with Crippen molar-refractivity contribution in [2.75, 3.05) is 16.0 Å². The minimum absolute atomic E-state index is 0.0509. The molecule has 0 bridgehead atoms. The summed E-state index contributed by atoms with van der Waals surface area (Å²) in [5.41, 5.74) is 1.06. The second-order valence-corrected chi connectivity index (χ2v) is 10.6. The lowest BCUT2D eigenvalue weighted by Gasteiger charge is -2.12. The normalized spacial score (nSPS) is 17.6. The zero-order valence-corrected chi connectivity index (χ0v) is 21.9. The summed E-state index contributed by atoms with van der Waals surface area (Å²) in [6, 6.07) is 12.3. The fourth-order valence-electron chi connectivity index (χ4n) is 3.86. The molecule has 1 aliphatic rings. The number of nitrogens with one attached hydrogen (secondary N) is 3. The predicted molar refractivity (Wildman–Crippen MR) is 141 cm³/mol. The van der Waals surface area contributed by atoms with Gasteiger partial charge in [-0.1, -0.05) is 29.3 Å². The molecule has 3 N–H and O–H groups in total. The first-order valence-corrected chi connectivity index (χ1v) is 12.2. The number of hydrogen-bond donors (Lipinski definition) is 3. The Hall–Kier alpha value is -2.91. The van der Waals surface area contributed by atoms with E-state index in [0.29, 0.717) is 16.9 Å². The molecule has 0 heterocycles. The minimum Gasteiger partial charge on any atom is -0.326 e. The SMILES string of the molecule is CC(=O)Nc1ccc(NC(=O)c2cc(NC(=O)C3C(c4ccc(F)c(Cl)c4)C3(Cl)Cl)cc(F)c2Cl)cc1. The zero-order chi connectivity index (χ0) is 27.1. The van der Waals surface area contributed by atoms with E-state index in [1.165, 1.54) is 37.3 Å². The van der Waals surface area contributed by atoms with Gasteiger partial charge in [-0.15, -0.1) is 23.2 Å². The molecule has 192 valence electrons. The molecule has 12 heteroatoms. The molecule has 0 aromatic heterocycles. The quantitative estimate of drug-likeness (QED) is 0.272. The van der Waals surface area contributed by atoms with Crippen molar-refractivity contribution in [1.82, 2.24) is 0 Å². The second kappa shape index (κ2) is 10.5. The van der Waals surface area contributed by atoms with Gasteiger partial charge in [-0.3, -0.25) is 14.4 Å². The van der Waals surface area contributed by atoms with Gasteiger partial charge in [0.1, 0.15) is 16.0 Å². The lowest BCUT2D eigenvalue weighted by atomic mass is 10.1. The predicted octanol–water partition coefficient (Wildman–Crippen LogP) is 7.01. The van der Waals surface area contributed by atoms with Crippen LogP contribution in [0.4, 0.5) is 25.8 Å². The molecular formula is C25H17Cl4F2N3O3. The third kappa shape index (κ3) is 5.83. The van der Waals surface area contributed by atoms with Gasteiger partial charge in [0.2, 0.25) is 11.8 Å². The van der Waals surface area contributed by atoms with Gasteiger partial charge >= 0.3 is 0 Å². The van der Waals surface area contributed by atoms with E-state index in [-0.39, 0.29) is 22.2 Å². The number of benzene rings is 3. The van der Waals surface area contributed by atoms with Gasteiger partial charge in [-0.05, 0) is 54.1 Å². The Morgan fingerprint density at radius 2 is 1.43 bits per heavy atom. The first-order valence-electron chi connectivity index (χ1n) is 10.7. The maximum absolute atomic E-state index is 14.6. The van der Waals surface area contributed by atoms with Gasteiger partial charge < -0.3 is 16.0 Å². The van der Waals surface area contributed by atoms with Crippen LogP contribution in [-0.2, 0) is 9.59 Å². The molecule has 2 atom stereocenters. The fraction of sp³-hybridized carbons (Fsp3) is 0.160. The monoisotopic (exact) mass is 585 g/mol. The van der Waals surface area contributed by atoms with Crippen molar-refractivity contribution in [2.24, 2.45) is 5.92 Å². The van der Waals surface area contributed by atoms with Crippen molar-refractivity contribution in [3.8, 4) is 0 Å². The summed E-state index contributed by atoms with van der Waals surface area (Å²) in [6.45, 7) is 1.36. The van der Waals surface area contributed by atoms with Crippen LogP contribution in [0.1, 0.15) is 28.8 Å². The molecule has 6 nitrogen and oxygen atoms in total. The van der Waals surface area contributed by atoms with Crippen LogP contribution >= 0.6 is 46.4 Å². The minimum atomic E-state index is -1.50. The number of amides is 3. The molecular weight excluding hydrogens is 570 g/mol. The first kappa shape index (κ1) is 27.1. The highest BCUT2D eigenvalue weighted by Crippen LogP contribution is 2.65. The van der Waals surface area contributed by atoms with Crippen molar-refractivity contribution in [2.45, 2.75) is 17.2 Å². The number of carbonyl (C=O) groups excluding carboxylic acids is 3. The molecule has 2 unspecified atom stereocenters. The highest BCUT2D eigenvalue weighted by molar-refractivity contribution is 6.53. The van der Waals surface area contributed by atoms with E-state index in [1.54, 1.807) is 12.1 Å². The molecule has 0 aliphatic heterocycles. The number of halogens is 6. The van der Waals surface area contributed by atoms with Crippen LogP contribution in [0.15, 0.2) is 54.6 Å². The lowest BCUT2D eigenvalue weighted by molar-refractivity contribution is -0.117. The molecule has 0 saturated heterocycles. The number of carbonyl (C=O) groups is 3. The average Bonchev–Trinajstić information content (AvgIpc) is 3.40. The van der Waals surface area contributed by atoms with Gasteiger partial charge in [0.05, 0.1) is 21.5 Å². The van der Waals surface area contributed by atoms with E-state index in [0.717, 1.165) is 12.1 Å². The van der Waals surface area contributed by atoms with Crippen LogP contribution in [0.5, 0.6) is 0 Å². The number of anilines is 3. The summed E-state index contributed by atoms with van der Waals surface area (Å²) in [7, 11) is 0. The summed E-state index contributed by atoms with van der Waals surface area (Å²) in [6.07, 6.45) is 0. The van der Waals surface area contributed by atoms with Crippen molar-refractivity contribution < 1.29 is 23.2 Å². The molecule has 0 radical (unpaired) electrons. The summed E-state index contributed by atoms with van der Waals surface area (Å²) < 4.78 is 26.6. The van der Waals surface area contributed by atoms with E-state index in [4.69, 9.17) is 46.4 Å². The van der Waals surface area contributed by atoms with Crippen LogP contribution < -0.4 is 16.0 Å².